The van der Waals surface area contributed by atoms with Gasteiger partial charge in [-0.05, 0) is 30.5 Å². The molecular formula is C22H34IN5O2. The Bertz CT molecular complexity index is 728. The third-order valence-electron chi connectivity index (χ3n) is 5.15. The summed E-state index contributed by atoms with van der Waals surface area (Å²) in [5.74, 6) is 1.93. The van der Waals surface area contributed by atoms with Crippen molar-refractivity contribution >= 4 is 29.9 Å². The number of nitrogens with one attached hydrogen (secondary N) is 1. The predicted molar refractivity (Wildman–Crippen MR) is 131 cm³/mol. The minimum Gasteiger partial charge on any atom is -0.494 e. The predicted octanol–water partition coefficient (Wildman–Crippen LogP) is 3.41. The molecule has 3 rings (SSSR count). The van der Waals surface area contributed by atoms with Gasteiger partial charge < -0.3 is 19.5 Å². The van der Waals surface area contributed by atoms with Crippen LogP contribution in [0.2, 0.25) is 0 Å². The van der Waals surface area contributed by atoms with Gasteiger partial charge in [0.2, 0.25) is 0 Å². The Morgan fingerprint density at radius 1 is 1.17 bits per heavy atom. The van der Waals surface area contributed by atoms with Crippen LogP contribution in [0.1, 0.15) is 31.0 Å². The number of hydrogen-bond donors (Lipinski definition) is 1. The van der Waals surface area contributed by atoms with Gasteiger partial charge in [0.1, 0.15) is 12.0 Å². The zero-order chi connectivity index (χ0) is 20.3. The van der Waals surface area contributed by atoms with E-state index >= 15 is 0 Å². The van der Waals surface area contributed by atoms with Gasteiger partial charge in [-0.15, -0.1) is 24.0 Å². The summed E-state index contributed by atoms with van der Waals surface area (Å²) >= 11 is 0. The van der Waals surface area contributed by atoms with E-state index in [1.54, 1.807) is 6.26 Å². The Hall–Kier alpha value is -1.81. The van der Waals surface area contributed by atoms with Crippen molar-refractivity contribution < 1.29 is 9.26 Å². The van der Waals surface area contributed by atoms with Crippen molar-refractivity contribution in [3.63, 3.8) is 0 Å². The topological polar surface area (TPSA) is 66.1 Å². The molecule has 2 heterocycles. The quantitative estimate of drug-likeness (QED) is 0.234. The average molecular weight is 527 g/mol. The van der Waals surface area contributed by atoms with E-state index in [1.807, 2.05) is 13.1 Å². The van der Waals surface area contributed by atoms with Crippen LogP contribution in [0.5, 0.6) is 5.75 Å². The van der Waals surface area contributed by atoms with E-state index in [0.717, 1.165) is 82.5 Å². The standard InChI is InChI=1S/C22H33N5O2.HI/c1-3-4-16-28-21-7-5-19(6-8-21)9-11-24-22(23-2)27-14-12-26(13-15-27)18-20-10-17-29-25-20;/h5-8,10,17H,3-4,9,11-16,18H2,1-2H3,(H,23,24);1H. The second kappa shape index (κ2) is 13.5. The molecule has 0 unspecified atom stereocenters. The minimum absolute atomic E-state index is 0. The largest absolute Gasteiger partial charge is 0.494 e. The number of piperazine rings is 1. The lowest BCUT2D eigenvalue weighted by Gasteiger charge is -2.36. The second-order valence-electron chi connectivity index (χ2n) is 7.32. The lowest BCUT2D eigenvalue weighted by atomic mass is 10.1. The lowest BCUT2D eigenvalue weighted by molar-refractivity contribution is 0.169. The van der Waals surface area contributed by atoms with Gasteiger partial charge in [-0.2, -0.15) is 0 Å². The maximum Gasteiger partial charge on any atom is 0.193 e. The van der Waals surface area contributed by atoms with E-state index in [1.165, 1.54) is 5.56 Å². The number of aromatic nitrogens is 1. The van der Waals surface area contributed by atoms with Gasteiger partial charge in [-0.3, -0.25) is 9.89 Å². The highest BCUT2D eigenvalue weighted by Gasteiger charge is 2.20. The Labute approximate surface area is 196 Å². The van der Waals surface area contributed by atoms with Gasteiger partial charge >= 0.3 is 0 Å². The summed E-state index contributed by atoms with van der Waals surface area (Å²) in [4.78, 5) is 9.18. The number of benzene rings is 1. The summed E-state index contributed by atoms with van der Waals surface area (Å²) in [5, 5.41) is 7.50. The highest BCUT2D eigenvalue weighted by molar-refractivity contribution is 14.0. The molecule has 7 nitrogen and oxygen atoms in total. The first-order valence-corrected chi connectivity index (χ1v) is 10.6. The summed E-state index contributed by atoms with van der Waals surface area (Å²) < 4.78 is 10.6. The maximum atomic E-state index is 5.73. The smallest absolute Gasteiger partial charge is 0.193 e. The van der Waals surface area contributed by atoms with Crippen LogP contribution < -0.4 is 10.1 Å². The molecule has 1 aliphatic rings. The van der Waals surface area contributed by atoms with Crippen molar-refractivity contribution in [3.05, 3.63) is 47.9 Å². The third-order valence-corrected chi connectivity index (χ3v) is 5.15. The van der Waals surface area contributed by atoms with E-state index in [-0.39, 0.29) is 24.0 Å². The molecule has 0 radical (unpaired) electrons. The first-order valence-electron chi connectivity index (χ1n) is 10.6. The molecule has 8 heteroatoms. The number of halogens is 1. The van der Waals surface area contributed by atoms with E-state index in [4.69, 9.17) is 9.26 Å². The minimum atomic E-state index is 0. The van der Waals surface area contributed by atoms with Crippen molar-refractivity contribution in [2.75, 3.05) is 46.4 Å². The summed E-state index contributed by atoms with van der Waals surface area (Å²) in [7, 11) is 1.85. The van der Waals surface area contributed by atoms with Crippen LogP contribution in [0, 0.1) is 0 Å². The number of guanidine groups is 1. The van der Waals surface area contributed by atoms with Crippen molar-refractivity contribution in [2.45, 2.75) is 32.7 Å². The molecule has 166 valence electrons. The first-order chi connectivity index (χ1) is 14.3. The van der Waals surface area contributed by atoms with Crippen LogP contribution in [0.25, 0.3) is 0 Å². The van der Waals surface area contributed by atoms with Crippen LogP contribution in [-0.4, -0.2) is 67.3 Å². The van der Waals surface area contributed by atoms with Gasteiger partial charge in [0.25, 0.3) is 0 Å². The average Bonchev–Trinajstić information content (AvgIpc) is 3.26. The number of nitrogens with zero attached hydrogens (tertiary/aromatic N) is 4. The first kappa shape index (κ1) is 24.5. The van der Waals surface area contributed by atoms with E-state index in [0.29, 0.717) is 0 Å². The van der Waals surface area contributed by atoms with Crippen molar-refractivity contribution in [1.29, 1.82) is 0 Å². The summed E-state index contributed by atoms with van der Waals surface area (Å²) in [5.41, 5.74) is 2.29. The number of unbranched alkanes of at least 4 members (excludes halogenated alkanes) is 1. The van der Waals surface area contributed by atoms with E-state index < -0.39 is 0 Å². The number of hydrogen-bond acceptors (Lipinski definition) is 5. The molecule has 0 saturated carbocycles. The molecule has 1 aromatic carbocycles. The van der Waals surface area contributed by atoms with Crippen LogP contribution in [0.3, 0.4) is 0 Å². The van der Waals surface area contributed by atoms with Gasteiger partial charge in [-0.1, -0.05) is 30.6 Å². The van der Waals surface area contributed by atoms with Gasteiger partial charge in [0.15, 0.2) is 5.96 Å². The molecule has 30 heavy (non-hydrogen) atoms. The number of rotatable bonds is 9. The Morgan fingerprint density at radius 2 is 1.93 bits per heavy atom. The highest BCUT2D eigenvalue weighted by atomic mass is 127. The number of aliphatic imine (C=N–C) groups is 1. The Morgan fingerprint density at radius 3 is 2.57 bits per heavy atom. The zero-order valence-electron chi connectivity index (χ0n) is 18.0. The number of ether oxygens (including phenoxy) is 1. The zero-order valence-corrected chi connectivity index (χ0v) is 20.4. The molecule has 2 aromatic rings. The molecule has 0 atom stereocenters. The Kier molecular flexibility index (Phi) is 11.0. The summed E-state index contributed by atoms with van der Waals surface area (Å²) in [6, 6.07) is 10.3. The SMILES string of the molecule is CCCCOc1ccc(CCNC(=NC)N2CCN(Cc3ccon3)CC2)cc1.I. The molecule has 1 fully saturated rings. The molecular weight excluding hydrogens is 493 g/mol. The molecule has 1 saturated heterocycles. The monoisotopic (exact) mass is 527 g/mol. The Balaban J connectivity index is 0.00000320. The van der Waals surface area contributed by atoms with Crippen LogP contribution in [0.4, 0.5) is 0 Å². The van der Waals surface area contributed by atoms with Crippen molar-refractivity contribution in [3.8, 4) is 5.75 Å². The normalized spacial score (nSPS) is 15.0. The molecule has 1 aliphatic heterocycles. The van der Waals surface area contributed by atoms with E-state index in [2.05, 4.69) is 56.5 Å². The third kappa shape index (κ3) is 7.79. The molecule has 1 N–H and O–H groups in total. The molecule has 0 aliphatic carbocycles. The lowest BCUT2D eigenvalue weighted by Crippen LogP contribution is -2.52. The van der Waals surface area contributed by atoms with Crippen molar-refractivity contribution in [1.82, 2.24) is 20.3 Å². The van der Waals surface area contributed by atoms with Crippen LogP contribution >= 0.6 is 24.0 Å². The summed E-state index contributed by atoms with van der Waals surface area (Å²) in [6.07, 6.45) is 4.84. The van der Waals surface area contributed by atoms with Crippen molar-refractivity contribution in [2.24, 2.45) is 4.99 Å². The van der Waals surface area contributed by atoms with Gasteiger partial charge in [0, 0.05) is 52.4 Å². The van der Waals surface area contributed by atoms with Gasteiger partial charge in [0.05, 0.1) is 12.3 Å². The fourth-order valence-corrected chi connectivity index (χ4v) is 3.40. The molecule has 0 bridgehead atoms. The fraction of sp³-hybridized carbons (Fsp3) is 0.545. The maximum absolute atomic E-state index is 5.73. The van der Waals surface area contributed by atoms with Gasteiger partial charge in [-0.25, -0.2) is 0 Å². The summed E-state index contributed by atoms with van der Waals surface area (Å²) in [6.45, 7) is 8.57. The molecule has 0 amide bonds. The van der Waals surface area contributed by atoms with Crippen LogP contribution in [0.15, 0.2) is 46.1 Å². The second-order valence-corrected chi connectivity index (χ2v) is 7.32. The fourth-order valence-electron chi connectivity index (χ4n) is 3.40. The molecule has 0 spiro atoms. The van der Waals surface area contributed by atoms with E-state index in [9.17, 15) is 0 Å². The highest BCUT2D eigenvalue weighted by Crippen LogP contribution is 2.13. The molecule has 1 aromatic heterocycles. The van der Waals surface area contributed by atoms with Crippen LogP contribution in [-0.2, 0) is 13.0 Å².